The molecule has 1 aliphatic carbocycles. The monoisotopic (exact) mass is 262 g/mol. The summed E-state index contributed by atoms with van der Waals surface area (Å²) in [6.45, 7) is 5.65. The Morgan fingerprint density at radius 1 is 1.37 bits per heavy atom. The number of likely N-dealkylation sites (N-methyl/N-ethyl adjacent to an activating group) is 1. The number of fused-ring (bicyclic) bond motifs is 1. The molecule has 1 aromatic carbocycles. The Morgan fingerprint density at radius 2 is 2.26 bits per heavy atom. The van der Waals surface area contributed by atoms with Crippen LogP contribution < -0.4 is 5.32 Å². The van der Waals surface area contributed by atoms with Crippen LogP contribution in [0.25, 0.3) is 0 Å². The molecular formula is C16H23FN2. The Morgan fingerprint density at radius 3 is 3.11 bits per heavy atom. The molecule has 0 radical (unpaired) electrons. The van der Waals surface area contributed by atoms with Gasteiger partial charge in [-0.25, -0.2) is 4.39 Å². The van der Waals surface area contributed by atoms with Crippen LogP contribution in [0.5, 0.6) is 0 Å². The molecule has 3 heteroatoms. The van der Waals surface area contributed by atoms with E-state index in [0.717, 1.165) is 31.5 Å². The molecule has 1 saturated heterocycles. The highest BCUT2D eigenvalue weighted by Crippen LogP contribution is 2.32. The number of hydrogen-bond acceptors (Lipinski definition) is 2. The van der Waals surface area contributed by atoms with E-state index in [2.05, 4.69) is 23.2 Å². The molecule has 1 N–H and O–H groups in total. The van der Waals surface area contributed by atoms with E-state index in [1.807, 2.05) is 6.07 Å². The lowest BCUT2D eigenvalue weighted by Crippen LogP contribution is -2.38. The van der Waals surface area contributed by atoms with E-state index in [4.69, 9.17) is 0 Å². The second kappa shape index (κ2) is 5.59. The summed E-state index contributed by atoms with van der Waals surface area (Å²) < 4.78 is 13.7. The van der Waals surface area contributed by atoms with E-state index in [-0.39, 0.29) is 5.82 Å². The SMILES string of the molecule is CCN1CCCC1CNC1CCc2c(F)cccc21. The van der Waals surface area contributed by atoms with Gasteiger partial charge in [0, 0.05) is 18.6 Å². The largest absolute Gasteiger partial charge is 0.308 e. The maximum atomic E-state index is 13.7. The molecule has 1 heterocycles. The lowest BCUT2D eigenvalue weighted by atomic mass is 10.1. The van der Waals surface area contributed by atoms with Gasteiger partial charge in [-0.2, -0.15) is 0 Å². The van der Waals surface area contributed by atoms with Crippen molar-refractivity contribution < 1.29 is 4.39 Å². The van der Waals surface area contributed by atoms with Crippen LogP contribution in [0.3, 0.4) is 0 Å². The first-order valence-electron chi connectivity index (χ1n) is 7.54. The Balaban J connectivity index is 1.62. The van der Waals surface area contributed by atoms with Crippen LogP contribution in [0.2, 0.25) is 0 Å². The Hall–Kier alpha value is -0.930. The highest BCUT2D eigenvalue weighted by Gasteiger charge is 2.27. The zero-order chi connectivity index (χ0) is 13.2. The zero-order valence-electron chi connectivity index (χ0n) is 11.7. The Kier molecular flexibility index (Phi) is 3.85. The fraction of sp³-hybridized carbons (Fsp3) is 0.625. The van der Waals surface area contributed by atoms with Crippen LogP contribution in [0, 0.1) is 5.82 Å². The third kappa shape index (κ3) is 2.54. The molecule has 0 spiro atoms. The van der Waals surface area contributed by atoms with Crippen molar-refractivity contribution in [3.8, 4) is 0 Å². The van der Waals surface area contributed by atoms with Crippen LogP contribution in [0.1, 0.15) is 43.4 Å². The number of nitrogens with zero attached hydrogens (tertiary/aromatic N) is 1. The first kappa shape index (κ1) is 13.1. The van der Waals surface area contributed by atoms with Gasteiger partial charge in [0.2, 0.25) is 0 Å². The normalized spacial score (nSPS) is 26.8. The first-order valence-corrected chi connectivity index (χ1v) is 7.54. The molecule has 1 aromatic rings. The third-order valence-electron chi connectivity index (χ3n) is 4.72. The summed E-state index contributed by atoms with van der Waals surface area (Å²) in [4.78, 5) is 2.55. The minimum Gasteiger partial charge on any atom is -0.308 e. The molecular weight excluding hydrogens is 239 g/mol. The van der Waals surface area contributed by atoms with Crippen molar-refractivity contribution in [1.29, 1.82) is 0 Å². The van der Waals surface area contributed by atoms with Gasteiger partial charge in [0.15, 0.2) is 0 Å². The van der Waals surface area contributed by atoms with Crippen molar-refractivity contribution >= 4 is 0 Å². The second-order valence-corrected chi connectivity index (χ2v) is 5.73. The minimum atomic E-state index is -0.0298. The van der Waals surface area contributed by atoms with Crippen molar-refractivity contribution in [2.24, 2.45) is 0 Å². The van der Waals surface area contributed by atoms with Gasteiger partial charge in [0.1, 0.15) is 5.82 Å². The molecule has 19 heavy (non-hydrogen) atoms. The fourth-order valence-electron chi connectivity index (χ4n) is 3.64. The fourth-order valence-corrected chi connectivity index (χ4v) is 3.64. The van der Waals surface area contributed by atoms with Crippen LogP contribution in [0.15, 0.2) is 18.2 Å². The first-order chi connectivity index (χ1) is 9.29. The molecule has 1 fully saturated rings. The van der Waals surface area contributed by atoms with E-state index in [9.17, 15) is 4.39 Å². The van der Waals surface area contributed by atoms with Crippen LogP contribution in [-0.2, 0) is 6.42 Å². The van der Waals surface area contributed by atoms with E-state index in [1.54, 1.807) is 6.07 Å². The summed E-state index contributed by atoms with van der Waals surface area (Å²) in [5.74, 6) is -0.0298. The summed E-state index contributed by atoms with van der Waals surface area (Å²) >= 11 is 0. The number of hydrogen-bond donors (Lipinski definition) is 1. The highest BCUT2D eigenvalue weighted by molar-refractivity contribution is 5.35. The number of halogens is 1. The smallest absolute Gasteiger partial charge is 0.126 e. The maximum Gasteiger partial charge on any atom is 0.126 e. The quantitative estimate of drug-likeness (QED) is 0.897. The summed E-state index contributed by atoms with van der Waals surface area (Å²) in [6.07, 6.45) is 4.52. The lowest BCUT2D eigenvalue weighted by molar-refractivity contribution is 0.253. The minimum absolute atomic E-state index is 0.0298. The number of nitrogens with one attached hydrogen (secondary N) is 1. The van der Waals surface area contributed by atoms with E-state index in [0.29, 0.717) is 12.1 Å². The Labute approximate surface area is 115 Å². The van der Waals surface area contributed by atoms with Gasteiger partial charge in [0.25, 0.3) is 0 Å². The number of benzene rings is 1. The van der Waals surface area contributed by atoms with Gasteiger partial charge in [0.05, 0.1) is 0 Å². The molecule has 2 atom stereocenters. The topological polar surface area (TPSA) is 15.3 Å². The lowest BCUT2D eigenvalue weighted by Gasteiger charge is -2.25. The molecule has 2 nitrogen and oxygen atoms in total. The average molecular weight is 262 g/mol. The summed E-state index contributed by atoms with van der Waals surface area (Å²) in [5, 5.41) is 3.66. The van der Waals surface area contributed by atoms with E-state index >= 15 is 0 Å². The highest BCUT2D eigenvalue weighted by atomic mass is 19.1. The maximum absolute atomic E-state index is 13.7. The van der Waals surface area contributed by atoms with Crippen molar-refractivity contribution in [3.63, 3.8) is 0 Å². The predicted octanol–water partition coefficient (Wildman–Crippen LogP) is 2.89. The molecule has 1 aliphatic heterocycles. The summed E-state index contributed by atoms with van der Waals surface area (Å²) in [5.41, 5.74) is 2.11. The Bertz CT molecular complexity index is 446. The zero-order valence-corrected chi connectivity index (χ0v) is 11.7. The molecule has 3 rings (SSSR count). The molecule has 0 aromatic heterocycles. The summed E-state index contributed by atoms with van der Waals surface area (Å²) in [7, 11) is 0. The van der Waals surface area contributed by atoms with Crippen LogP contribution in [-0.4, -0.2) is 30.6 Å². The standard InChI is InChI=1S/C16H23FN2/c1-2-19-10-4-5-12(19)11-18-16-9-8-13-14(16)6-3-7-15(13)17/h3,6-7,12,16,18H,2,4-5,8-11H2,1H3. The molecule has 0 bridgehead atoms. The number of rotatable bonds is 4. The van der Waals surface area contributed by atoms with E-state index in [1.165, 1.54) is 24.9 Å². The van der Waals surface area contributed by atoms with Crippen LogP contribution in [0.4, 0.5) is 4.39 Å². The van der Waals surface area contributed by atoms with Crippen molar-refractivity contribution in [1.82, 2.24) is 10.2 Å². The number of likely N-dealkylation sites (tertiary alicyclic amines) is 1. The molecule has 0 amide bonds. The van der Waals surface area contributed by atoms with Crippen LogP contribution >= 0.6 is 0 Å². The van der Waals surface area contributed by atoms with Gasteiger partial charge in [-0.3, -0.25) is 4.90 Å². The predicted molar refractivity (Wildman–Crippen MR) is 75.7 cm³/mol. The molecule has 2 aliphatic rings. The molecule has 0 saturated carbocycles. The van der Waals surface area contributed by atoms with Crippen molar-refractivity contribution in [2.75, 3.05) is 19.6 Å². The van der Waals surface area contributed by atoms with Gasteiger partial charge in [-0.15, -0.1) is 0 Å². The van der Waals surface area contributed by atoms with Gasteiger partial charge < -0.3 is 5.32 Å². The second-order valence-electron chi connectivity index (χ2n) is 5.73. The average Bonchev–Trinajstić information content (AvgIpc) is 3.03. The molecule has 2 unspecified atom stereocenters. The molecule has 104 valence electrons. The van der Waals surface area contributed by atoms with Gasteiger partial charge in [-0.1, -0.05) is 19.1 Å². The third-order valence-corrected chi connectivity index (χ3v) is 4.72. The van der Waals surface area contributed by atoms with Gasteiger partial charge >= 0.3 is 0 Å². The van der Waals surface area contributed by atoms with Crippen molar-refractivity contribution in [3.05, 3.63) is 35.1 Å². The summed E-state index contributed by atoms with van der Waals surface area (Å²) in [6, 6.07) is 6.52. The van der Waals surface area contributed by atoms with Crippen molar-refractivity contribution in [2.45, 2.75) is 44.7 Å². The van der Waals surface area contributed by atoms with Gasteiger partial charge in [-0.05, 0) is 56.0 Å². The van der Waals surface area contributed by atoms with E-state index < -0.39 is 0 Å².